The van der Waals surface area contributed by atoms with E-state index in [-0.39, 0.29) is 11.8 Å². The lowest BCUT2D eigenvalue weighted by Gasteiger charge is -2.31. The van der Waals surface area contributed by atoms with Gasteiger partial charge >= 0.3 is 0 Å². The van der Waals surface area contributed by atoms with Crippen molar-refractivity contribution < 1.29 is 19.1 Å². The van der Waals surface area contributed by atoms with Gasteiger partial charge in [-0.1, -0.05) is 43.7 Å². The molecule has 0 fully saturated rings. The van der Waals surface area contributed by atoms with Gasteiger partial charge < -0.3 is 19.7 Å². The normalized spacial score (nSPS) is 11.5. The highest BCUT2D eigenvalue weighted by molar-refractivity contribution is 5.87. The van der Waals surface area contributed by atoms with E-state index in [1.165, 1.54) is 5.56 Å². The van der Waals surface area contributed by atoms with Crippen LogP contribution in [-0.4, -0.2) is 43.0 Å². The fourth-order valence-corrected chi connectivity index (χ4v) is 3.44. The minimum absolute atomic E-state index is 0.0566. The van der Waals surface area contributed by atoms with Crippen LogP contribution in [0.2, 0.25) is 0 Å². The third-order valence-corrected chi connectivity index (χ3v) is 5.25. The van der Waals surface area contributed by atoms with Gasteiger partial charge in [0, 0.05) is 19.5 Å². The van der Waals surface area contributed by atoms with Crippen molar-refractivity contribution >= 4 is 11.8 Å². The Hall–Kier alpha value is -3.02. The first-order valence-corrected chi connectivity index (χ1v) is 11.4. The van der Waals surface area contributed by atoms with Crippen LogP contribution in [0.5, 0.6) is 11.5 Å². The van der Waals surface area contributed by atoms with E-state index < -0.39 is 6.04 Å². The molecule has 6 nitrogen and oxygen atoms in total. The van der Waals surface area contributed by atoms with Crippen LogP contribution in [0.15, 0.2) is 48.5 Å². The number of nitrogens with zero attached hydrogens (tertiary/aromatic N) is 1. The molecule has 0 saturated carbocycles. The van der Waals surface area contributed by atoms with Crippen molar-refractivity contribution in [2.24, 2.45) is 0 Å². The number of nitrogens with one attached hydrogen (secondary N) is 1. The zero-order chi connectivity index (χ0) is 23.3. The van der Waals surface area contributed by atoms with Crippen LogP contribution in [0.25, 0.3) is 0 Å². The van der Waals surface area contributed by atoms with Gasteiger partial charge in [0.25, 0.3) is 0 Å². The molecule has 174 valence electrons. The molecular weight excluding hydrogens is 404 g/mol. The van der Waals surface area contributed by atoms with Crippen molar-refractivity contribution in [2.75, 3.05) is 20.3 Å². The highest BCUT2D eigenvalue weighted by atomic mass is 16.5. The Morgan fingerprint density at radius 2 is 1.81 bits per heavy atom. The molecule has 0 aliphatic rings. The molecule has 0 aliphatic heterocycles. The minimum atomic E-state index is -0.515. The zero-order valence-corrected chi connectivity index (χ0v) is 19.7. The van der Waals surface area contributed by atoms with E-state index in [0.29, 0.717) is 39.0 Å². The second-order valence-electron chi connectivity index (χ2n) is 7.85. The van der Waals surface area contributed by atoms with Gasteiger partial charge in [0.05, 0.1) is 13.7 Å². The lowest BCUT2D eigenvalue weighted by Crippen LogP contribution is -2.49. The average molecular weight is 441 g/mol. The molecule has 0 unspecified atom stereocenters. The maximum atomic E-state index is 13.2. The van der Waals surface area contributed by atoms with Crippen LogP contribution in [0.4, 0.5) is 0 Å². The van der Waals surface area contributed by atoms with Crippen LogP contribution >= 0.6 is 0 Å². The topological polar surface area (TPSA) is 67.9 Å². The number of hydrogen-bond acceptors (Lipinski definition) is 4. The first kappa shape index (κ1) is 25.2. The molecule has 32 heavy (non-hydrogen) atoms. The molecule has 0 radical (unpaired) electrons. The fourth-order valence-electron chi connectivity index (χ4n) is 3.44. The lowest BCUT2D eigenvalue weighted by atomic mass is 10.1. The Bertz CT molecular complexity index is 851. The number of carbonyl (C=O) groups is 2. The van der Waals surface area contributed by atoms with Gasteiger partial charge in [-0.05, 0) is 56.0 Å². The molecule has 0 bridgehead atoms. The maximum absolute atomic E-state index is 13.2. The quantitative estimate of drug-likeness (QED) is 0.466. The fraction of sp³-hybridized carbons (Fsp3) is 0.462. The third-order valence-electron chi connectivity index (χ3n) is 5.25. The highest BCUT2D eigenvalue weighted by Crippen LogP contribution is 2.19. The van der Waals surface area contributed by atoms with Crippen molar-refractivity contribution in [2.45, 2.75) is 59.0 Å². The Morgan fingerprint density at radius 3 is 2.47 bits per heavy atom. The number of hydrogen-bond donors (Lipinski definition) is 1. The van der Waals surface area contributed by atoms with E-state index >= 15 is 0 Å². The summed E-state index contributed by atoms with van der Waals surface area (Å²) >= 11 is 0. The average Bonchev–Trinajstić information content (AvgIpc) is 2.81. The van der Waals surface area contributed by atoms with Gasteiger partial charge in [-0.15, -0.1) is 0 Å². The lowest BCUT2D eigenvalue weighted by molar-refractivity contribution is -0.141. The van der Waals surface area contributed by atoms with Crippen LogP contribution in [0.1, 0.15) is 50.7 Å². The number of aryl methyl sites for hydroxylation is 1. The van der Waals surface area contributed by atoms with E-state index in [1.807, 2.05) is 69.3 Å². The number of benzene rings is 2. The summed E-state index contributed by atoms with van der Waals surface area (Å²) < 4.78 is 11.1. The molecule has 6 heteroatoms. The zero-order valence-electron chi connectivity index (χ0n) is 19.7. The first-order chi connectivity index (χ1) is 15.5. The Labute approximate surface area is 191 Å². The molecule has 2 aromatic carbocycles. The number of rotatable bonds is 13. The summed E-state index contributed by atoms with van der Waals surface area (Å²) in [6.07, 6.45) is 2.29. The molecule has 0 spiro atoms. The Kier molecular flexibility index (Phi) is 10.6. The summed E-state index contributed by atoms with van der Waals surface area (Å²) in [4.78, 5) is 27.7. The molecule has 0 aliphatic carbocycles. The largest absolute Gasteiger partial charge is 0.497 e. The van der Waals surface area contributed by atoms with Crippen molar-refractivity contribution in [1.29, 1.82) is 0 Å². The Balaban J connectivity index is 2.06. The second kappa shape index (κ2) is 13.4. The van der Waals surface area contributed by atoms with Gasteiger partial charge in [-0.3, -0.25) is 9.59 Å². The standard InChI is InChI=1S/C26H36N2O4/c1-5-16-27-26(30)24(6-2)28(19-21-9-7-10-23(18-21)31-4)25(29)11-8-17-32-22-14-12-20(3)13-15-22/h7,9-10,12-15,18,24H,5-6,8,11,16-17,19H2,1-4H3,(H,27,30)/t24-/m0/s1. The molecule has 2 amide bonds. The number of methoxy groups -OCH3 is 1. The summed E-state index contributed by atoms with van der Waals surface area (Å²) in [6.45, 7) is 7.37. The third kappa shape index (κ3) is 7.91. The molecule has 0 heterocycles. The summed E-state index contributed by atoms with van der Waals surface area (Å²) in [7, 11) is 1.61. The van der Waals surface area contributed by atoms with E-state index in [0.717, 1.165) is 23.5 Å². The first-order valence-electron chi connectivity index (χ1n) is 11.4. The molecular formula is C26H36N2O4. The molecule has 2 rings (SSSR count). The predicted molar refractivity (Wildman–Crippen MR) is 127 cm³/mol. The van der Waals surface area contributed by atoms with Gasteiger partial charge in [0.1, 0.15) is 17.5 Å². The van der Waals surface area contributed by atoms with Crippen molar-refractivity contribution in [1.82, 2.24) is 10.2 Å². The predicted octanol–water partition coefficient (Wildman–Crippen LogP) is 4.50. The highest BCUT2D eigenvalue weighted by Gasteiger charge is 2.28. The van der Waals surface area contributed by atoms with Gasteiger partial charge in [-0.2, -0.15) is 0 Å². The van der Waals surface area contributed by atoms with E-state index in [1.54, 1.807) is 12.0 Å². The van der Waals surface area contributed by atoms with Gasteiger partial charge in [-0.25, -0.2) is 0 Å². The van der Waals surface area contributed by atoms with Crippen molar-refractivity contribution in [3.63, 3.8) is 0 Å². The monoisotopic (exact) mass is 440 g/mol. The summed E-state index contributed by atoms with van der Waals surface area (Å²) in [5, 5.41) is 2.94. The molecule has 0 aromatic heterocycles. The minimum Gasteiger partial charge on any atom is -0.497 e. The maximum Gasteiger partial charge on any atom is 0.242 e. The van der Waals surface area contributed by atoms with E-state index in [4.69, 9.17) is 9.47 Å². The number of carbonyl (C=O) groups excluding carboxylic acids is 2. The Morgan fingerprint density at radius 1 is 1.06 bits per heavy atom. The SMILES string of the molecule is CCCNC(=O)[C@H](CC)N(Cc1cccc(OC)c1)C(=O)CCCOc1ccc(C)cc1. The molecule has 2 aromatic rings. The van der Waals surface area contributed by atoms with E-state index in [2.05, 4.69) is 5.32 Å². The second-order valence-corrected chi connectivity index (χ2v) is 7.85. The summed E-state index contributed by atoms with van der Waals surface area (Å²) in [5.41, 5.74) is 2.10. The summed E-state index contributed by atoms with van der Waals surface area (Å²) in [5.74, 6) is 1.35. The van der Waals surface area contributed by atoms with Crippen LogP contribution in [-0.2, 0) is 16.1 Å². The van der Waals surface area contributed by atoms with Crippen molar-refractivity contribution in [3.8, 4) is 11.5 Å². The molecule has 0 saturated heterocycles. The van der Waals surface area contributed by atoms with Crippen LogP contribution in [0, 0.1) is 6.92 Å². The van der Waals surface area contributed by atoms with Gasteiger partial charge in [0.2, 0.25) is 11.8 Å². The molecule has 1 atom stereocenters. The number of amides is 2. The van der Waals surface area contributed by atoms with Crippen LogP contribution in [0.3, 0.4) is 0 Å². The molecule has 1 N–H and O–H groups in total. The van der Waals surface area contributed by atoms with Crippen LogP contribution < -0.4 is 14.8 Å². The van der Waals surface area contributed by atoms with E-state index in [9.17, 15) is 9.59 Å². The summed E-state index contributed by atoms with van der Waals surface area (Å²) in [6, 6.07) is 14.9. The number of ether oxygens (including phenoxy) is 2. The van der Waals surface area contributed by atoms with Crippen molar-refractivity contribution in [3.05, 3.63) is 59.7 Å². The smallest absolute Gasteiger partial charge is 0.242 e. The van der Waals surface area contributed by atoms with Gasteiger partial charge in [0.15, 0.2) is 0 Å².